The first-order chi connectivity index (χ1) is 10.7. The summed E-state index contributed by atoms with van der Waals surface area (Å²) in [7, 11) is 0. The van der Waals surface area contributed by atoms with Crippen molar-refractivity contribution in [2.75, 3.05) is 37.6 Å². The van der Waals surface area contributed by atoms with E-state index in [2.05, 4.69) is 58.7 Å². The van der Waals surface area contributed by atoms with Gasteiger partial charge >= 0.3 is 0 Å². The molecule has 1 aliphatic rings. The van der Waals surface area contributed by atoms with Crippen LogP contribution in [-0.4, -0.2) is 42.6 Å². The predicted octanol–water partition coefficient (Wildman–Crippen LogP) is 2.93. The van der Waals surface area contributed by atoms with Gasteiger partial charge in [0.25, 0.3) is 0 Å². The van der Waals surface area contributed by atoms with Gasteiger partial charge in [0.15, 0.2) is 5.13 Å². The Kier molecular flexibility index (Phi) is 4.77. The van der Waals surface area contributed by atoms with Crippen LogP contribution in [0.4, 0.5) is 5.13 Å². The van der Waals surface area contributed by atoms with Crippen LogP contribution in [0.5, 0.6) is 0 Å². The van der Waals surface area contributed by atoms with E-state index in [0.29, 0.717) is 0 Å². The van der Waals surface area contributed by atoms with Crippen molar-refractivity contribution in [3.8, 4) is 11.8 Å². The number of aromatic nitrogens is 1. The van der Waals surface area contributed by atoms with Crippen molar-refractivity contribution in [2.45, 2.75) is 13.8 Å². The van der Waals surface area contributed by atoms with Crippen LogP contribution in [-0.2, 0) is 0 Å². The molecule has 0 unspecified atom stereocenters. The third kappa shape index (κ3) is 3.49. The molecule has 3 nitrogen and oxygen atoms in total. The molecule has 0 bridgehead atoms. The third-order valence-electron chi connectivity index (χ3n) is 4.06. The van der Waals surface area contributed by atoms with Crippen molar-refractivity contribution in [1.82, 2.24) is 9.88 Å². The lowest BCUT2D eigenvalue weighted by atomic mass is 10.0. The Labute approximate surface area is 136 Å². The lowest BCUT2D eigenvalue weighted by Crippen LogP contribution is -2.46. The first kappa shape index (κ1) is 15.1. The molecule has 2 heterocycles. The summed E-state index contributed by atoms with van der Waals surface area (Å²) < 4.78 is 0. The Morgan fingerprint density at radius 1 is 1.14 bits per heavy atom. The topological polar surface area (TPSA) is 19.4 Å². The summed E-state index contributed by atoms with van der Waals surface area (Å²) in [5.74, 6) is 6.70. The fourth-order valence-corrected chi connectivity index (χ4v) is 3.42. The van der Waals surface area contributed by atoms with Crippen molar-refractivity contribution < 1.29 is 0 Å². The average Bonchev–Trinajstić information content (AvgIpc) is 3.05. The van der Waals surface area contributed by atoms with Gasteiger partial charge in [-0.25, -0.2) is 4.98 Å². The van der Waals surface area contributed by atoms with Gasteiger partial charge < -0.3 is 4.90 Å². The smallest absolute Gasteiger partial charge is 0.185 e. The fraction of sp³-hybridized carbons (Fsp3) is 0.389. The molecule has 0 aliphatic carbocycles. The van der Waals surface area contributed by atoms with Crippen molar-refractivity contribution >= 4 is 16.5 Å². The molecule has 0 radical (unpaired) electrons. The minimum Gasteiger partial charge on any atom is -0.346 e. The second kappa shape index (κ2) is 6.95. The van der Waals surface area contributed by atoms with Crippen molar-refractivity contribution in [3.05, 3.63) is 46.5 Å². The van der Waals surface area contributed by atoms with Crippen molar-refractivity contribution in [1.29, 1.82) is 0 Å². The number of piperazine rings is 1. The van der Waals surface area contributed by atoms with Gasteiger partial charge in [0.1, 0.15) is 0 Å². The monoisotopic (exact) mass is 311 g/mol. The lowest BCUT2D eigenvalue weighted by molar-refractivity contribution is 0.288. The molecule has 22 heavy (non-hydrogen) atoms. The second-order valence-corrected chi connectivity index (χ2v) is 6.52. The van der Waals surface area contributed by atoms with Gasteiger partial charge in [0, 0.05) is 43.3 Å². The molecule has 1 fully saturated rings. The summed E-state index contributed by atoms with van der Waals surface area (Å²) in [6.45, 7) is 9.30. The molecule has 2 aromatic rings. The molecule has 1 aromatic carbocycles. The number of anilines is 1. The van der Waals surface area contributed by atoms with E-state index in [-0.39, 0.29) is 0 Å². The zero-order valence-electron chi connectivity index (χ0n) is 13.2. The SMILES string of the molecule is Cc1cccc(C)c1C#CCN1CCN(c2nccs2)CC1. The summed E-state index contributed by atoms with van der Waals surface area (Å²) in [4.78, 5) is 9.17. The van der Waals surface area contributed by atoms with Crippen LogP contribution >= 0.6 is 11.3 Å². The number of benzene rings is 1. The van der Waals surface area contributed by atoms with Gasteiger partial charge in [-0.1, -0.05) is 30.0 Å². The van der Waals surface area contributed by atoms with Crippen molar-refractivity contribution in [2.24, 2.45) is 0 Å². The largest absolute Gasteiger partial charge is 0.346 e. The minimum atomic E-state index is 0.847. The van der Waals surface area contributed by atoms with Gasteiger partial charge in [-0.15, -0.1) is 11.3 Å². The second-order valence-electron chi connectivity index (χ2n) is 5.65. The van der Waals surface area contributed by atoms with Gasteiger partial charge in [-0.3, -0.25) is 4.90 Å². The van der Waals surface area contributed by atoms with Crippen LogP contribution in [0.2, 0.25) is 0 Å². The quantitative estimate of drug-likeness (QED) is 0.795. The standard InChI is InChI=1S/C18H21N3S/c1-15-5-3-6-16(2)17(15)7-4-9-20-10-12-21(13-11-20)18-19-8-14-22-18/h3,5-6,8,14H,9-13H2,1-2H3. The van der Waals surface area contributed by atoms with E-state index >= 15 is 0 Å². The fourth-order valence-electron chi connectivity index (χ4n) is 2.72. The van der Waals surface area contributed by atoms with Gasteiger partial charge in [-0.2, -0.15) is 0 Å². The van der Waals surface area contributed by atoms with Crippen LogP contribution in [0.25, 0.3) is 0 Å². The van der Waals surface area contributed by atoms with Crippen molar-refractivity contribution in [3.63, 3.8) is 0 Å². The third-order valence-corrected chi connectivity index (χ3v) is 4.89. The molecule has 4 heteroatoms. The zero-order chi connectivity index (χ0) is 15.4. The van der Waals surface area contributed by atoms with Crippen LogP contribution in [0.1, 0.15) is 16.7 Å². The maximum Gasteiger partial charge on any atom is 0.185 e. The maximum absolute atomic E-state index is 4.38. The number of aryl methyl sites for hydroxylation is 2. The molecule has 0 atom stereocenters. The number of thiazole rings is 1. The molecule has 0 saturated carbocycles. The summed E-state index contributed by atoms with van der Waals surface area (Å²) in [6, 6.07) is 6.35. The van der Waals surface area contributed by atoms with E-state index in [4.69, 9.17) is 0 Å². The summed E-state index contributed by atoms with van der Waals surface area (Å²) >= 11 is 1.72. The Morgan fingerprint density at radius 2 is 1.86 bits per heavy atom. The number of hydrogen-bond donors (Lipinski definition) is 0. The Morgan fingerprint density at radius 3 is 2.50 bits per heavy atom. The van der Waals surface area contributed by atoms with E-state index in [1.54, 1.807) is 11.3 Å². The number of hydrogen-bond acceptors (Lipinski definition) is 4. The minimum absolute atomic E-state index is 0.847. The molecule has 114 valence electrons. The average molecular weight is 311 g/mol. The molecular formula is C18H21N3S. The summed E-state index contributed by atoms with van der Waals surface area (Å²) in [6.07, 6.45) is 1.88. The van der Waals surface area contributed by atoms with Gasteiger partial charge in [-0.05, 0) is 25.0 Å². The van der Waals surface area contributed by atoms with Gasteiger partial charge in [0.05, 0.1) is 6.54 Å². The Balaban J connectivity index is 1.55. The van der Waals surface area contributed by atoms with E-state index in [1.807, 2.05) is 11.6 Å². The highest BCUT2D eigenvalue weighted by atomic mass is 32.1. The lowest BCUT2D eigenvalue weighted by Gasteiger charge is -2.33. The molecule has 0 spiro atoms. The predicted molar refractivity (Wildman–Crippen MR) is 93.6 cm³/mol. The Hall–Kier alpha value is -1.83. The van der Waals surface area contributed by atoms with Crippen LogP contribution < -0.4 is 4.90 Å². The van der Waals surface area contributed by atoms with Crippen LogP contribution in [0.3, 0.4) is 0 Å². The van der Waals surface area contributed by atoms with E-state index in [9.17, 15) is 0 Å². The summed E-state index contributed by atoms with van der Waals surface area (Å²) in [5.41, 5.74) is 3.71. The molecule has 1 saturated heterocycles. The molecule has 1 aliphatic heterocycles. The van der Waals surface area contributed by atoms with Crippen LogP contribution in [0, 0.1) is 25.7 Å². The molecule has 0 amide bonds. The highest BCUT2D eigenvalue weighted by Crippen LogP contribution is 2.18. The first-order valence-electron chi connectivity index (χ1n) is 7.66. The first-order valence-corrected chi connectivity index (χ1v) is 8.54. The summed E-state index contributed by atoms with van der Waals surface area (Å²) in [5, 5.41) is 3.18. The highest BCUT2D eigenvalue weighted by Gasteiger charge is 2.17. The number of rotatable bonds is 2. The number of nitrogens with zero attached hydrogens (tertiary/aromatic N) is 3. The highest BCUT2D eigenvalue weighted by molar-refractivity contribution is 7.13. The maximum atomic E-state index is 4.38. The Bertz CT molecular complexity index is 654. The van der Waals surface area contributed by atoms with E-state index < -0.39 is 0 Å². The molecule has 0 N–H and O–H groups in total. The van der Waals surface area contributed by atoms with E-state index in [1.165, 1.54) is 16.7 Å². The zero-order valence-corrected chi connectivity index (χ0v) is 14.0. The van der Waals surface area contributed by atoms with Gasteiger partial charge in [0.2, 0.25) is 0 Å². The normalized spacial score (nSPS) is 15.5. The molecule has 1 aromatic heterocycles. The molecule has 3 rings (SSSR count). The molecular weight excluding hydrogens is 290 g/mol. The van der Waals surface area contributed by atoms with Crippen LogP contribution in [0.15, 0.2) is 29.8 Å². The van der Waals surface area contributed by atoms with E-state index in [0.717, 1.165) is 37.9 Å².